The van der Waals surface area contributed by atoms with E-state index in [0.717, 1.165) is 29.1 Å². The minimum atomic E-state index is -3.78. The molecule has 0 spiro atoms. The van der Waals surface area contributed by atoms with Crippen molar-refractivity contribution in [2.24, 2.45) is 5.92 Å². The highest BCUT2D eigenvalue weighted by atomic mass is 32.2. The number of nitrogens with one attached hydrogen (secondary N) is 2. The topological polar surface area (TPSA) is 95.6 Å². The van der Waals surface area contributed by atoms with Crippen molar-refractivity contribution in [3.8, 4) is 0 Å². The highest BCUT2D eigenvalue weighted by molar-refractivity contribution is 7.89. The lowest BCUT2D eigenvalue weighted by molar-refractivity contribution is -0.122. The maximum absolute atomic E-state index is 12.8. The van der Waals surface area contributed by atoms with Gasteiger partial charge in [-0.1, -0.05) is 19.8 Å². The average molecular weight is 394 g/mol. The van der Waals surface area contributed by atoms with Crippen molar-refractivity contribution in [3.63, 3.8) is 0 Å². The van der Waals surface area contributed by atoms with E-state index in [1.54, 1.807) is 12.1 Å². The Labute approximate surface area is 160 Å². The number of anilines is 1. The van der Waals surface area contributed by atoms with Crippen LogP contribution in [0.15, 0.2) is 23.1 Å². The molecular formula is C19H27N3O4S. The van der Waals surface area contributed by atoms with Crippen LogP contribution < -0.4 is 10.6 Å². The number of rotatable bonds is 5. The van der Waals surface area contributed by atoms with Crippen LogP contribution in [0.5, 0.6) is 0 Å². The van der Waals surface area contributed by atoms with Crippen LogP contribution in [0.3, 0.4) is 0 Å². The van der Waals surface area contributed by atoms with Crippen molar-refractivity contribution < 1.29 is 18.0 Å². The third kappa shape index (κ3) is 4.50. The SMILES string of the molecule is C[C@@H]1CCCC[C@H]1NC(=O)CN(C)S(=O)(=O)c1ccc2c(c1)CCC(=O)N2. The molecule has 148 valence electrons. The highest BCUT2D eigenvalue weighted by Crippen LogP contribution is 2.27. The van der Waals surface area contributed by atoms with Gasteiger partial charge in [-0.3, -0.25) is 9.59 Å². The van der Waals surface area contributed by atoms with Crippen LogP contribution in [-0.4, -0.2) is 44.2 Å². The molecule has 0 aromatic heterocycles. The number of aryl methyl sites for hydroxylation is 1. The van der Waals surface area contributed by atoms with Gasteiger partial charge in [-0.2, -0.15) is 4.31 Å². The Bertz CT molecular complexity index is 837. The number of sulfonamides is 1. The second-order valence-electron chi connectivity index (χ2n) is 7.56. The van der Waals surface area contributed by atoms with E-state index in [2.05, 4.69) is 17.6 Å². The van der Waals surface area contributed by atoms with Gasteiger partial charge in [0.25, 0.3) is 0 Å². The summed E-state index contributed by atoms with van der Waals surface area (Å²) in [5, 5.41) is 5.72. The van der Waals surface area contributed by atoms with E-state index in [4.69, 9.17) is 0 Å². The van der Waals surface area contributed by atoms with Gasteiger partial charge in [-0.15, -0.1) is 0 Å². The third-order valence-electron chi connectivity index (χ3n) is 5.50. The summed E-state index contributed by atoms with van der Waals surface area (Å²) in [6.07, 6.45) is 5.16. The Kier molecular flexibility index (Phi) is 5.86. The van der Waals surface area contributed by atoms with Gasteiger partial charge in [0, 0.05) is 25.2 Å². The van der Waals surface area contributed by atoms with Gasteiger partial charge < -0.3 is 10.6 Å². The first-order chi connectivity index (χ1) is 12.8. The monoisotopic (exact) mass is 393 g/mol. The molecule has 3 rings (SSSR count). The summed E-state index contributed by atoms with van der Waals surface area (Å²) in [6.45, 7) is 1.91. The molecule has 7 nitrogen and oxygen atoms in total. The Morgan fingerprint density at radius 2 is 2.00 bits per heavy atom. The maximum Gasteiger partial charge on any atom is 0.243 e. The molecule has 1 fully saturated rings. The zero-order valence-electron chi connectivity index (χ0n) is 15.8. The fourth-order valence-corrected chi connectivity index (χ4v) is 4.95. The molecule has 27 heavy (non-hydrogen) atoms. The zero-order valence-corrected chi connectivity index (χ0v) is 16.6. The largest absolute Gasteiger partial charge is 0.352 e. The predicted octanol–water partition coefficient (Wildman–Crippen LogP) is 1.89. The summed E-state index contributed by atoms with van der Waals surface area (Å²) < 4.78 is 26.7. The van der Waals surface area contributed by atoms with Gasteiger partial charge in [0.15, 0.2) is 0 Å². The molecule has 1 aromatic rings. The zero-order chi connectivity index (χ0) is 19.6. The number of nitrogens with zero attached hydrogens (tertiary/aromatic N) is 1. The van der Waals surface area contributed by atoms with Gasteiger partial charge in [0.05, 0.1) is 11.4 Å². The molecule has 0 bridgehead atoms. The van der Waals surface area contributed by atoms with Gasteiger partial charge in [0.2, 0.25) is 21.8 Å². The molecule has 0 radical (unpaired) electrons. The lowest BCUT2D eigenvalue weighted by Crippen LogP contribution is -2.46. The van der Waals surface area contributed by atoms with Crippen LogP contribution in [0.25, 0.3) is 0 Å². The van der Waals surface area contributed by atoms with Crippen LogP contribution in [0, 0.1) is 5.92 Å². The first kappa shape index (κ1) is 19.8. The van der Waals surface area contributed by atoms with Gasteiger partial charge in [0.1, 0.15) is 0 Å². The molecule has 8 heteroatoms. The number of fused-ring (bicyclic) bond motifs is 1. The number of benzene rings is 1. The molecule has 1 aromatic carbocycles. The number of hydrogen-bond acceptors (Lipinski definition) is 4. The molecule has 2 N–H and O–H groups in total. The van der Waals surface area contributed by atoms with Crippen molar-refractivity contribution in [1.29, 1.82) is 0 Å². The lowest BCUT2D eigenvalue weighted by Gasteiger charge is -2.30. The molecule has 2 atom stereocenters. The minimum Gasteiger partial charge on any atom is -0.352 e. The van der Waals surface area contributed by atoms with Gasteiger partial charge >= 0.3 is 0 Å². The highest BCUT2D eigenvalue weighted by Gasteiger charge is 2.27. The number of likely N-dealkylation sites (N-methyl/N-ethyl adjacent to an activating group) is 1. The van der Waals surface area contributed by atoms with Crippen LogP contribution in [-0.2, 0) is 26.0 Å². The average Bonchev–Trinajstić information content (AvgIpc) is 2.63. The van der Waals surface area contributed by atoms with E-state index in [1.807, 2.05) is 0 Å². The summed E-state index contributed by atoms with van der Waals surface area (Å²) in [5.74, 6) is 0.0781. The Hall–Kier alpha value is -1.93. The molecule has 0 saturated heterocycles. The van der Waals surface area contributed by atoms with Gasteiger partial charge in [-0.25, -0.2) is 8.42 Å². The van der Waals surface area contributed by atoms with E-state index in [9.17, 15) is 18.0 Å². The van der Waals surface area contributed by atoms with E-state index in [1.165, 1.54) is 19.5 Å². The minimum absolute atomic E-state index is 0.0659. The second-order valence-corrected chi connectivity index (χ2v) is 9.61. The molecule has 1 aliphatic carbocycles. The quantitative estimate of drug-likeness (QED) is 0.798. The maximum atomic E-state index is 12.8. The number of carbonyl (C=O) groups excluding carboxylic acids is 2. The van der Waals surface area contributed by atoms with Gasteiger partial charge in [-0.05, 0) is 48.9 Å². The summed E-state index contributed by atoms with van der Waals surface area (Å²) >= 11 is 0. The van der Waals surface area contributed by atoms with Crippen molar-refractivity contribution in [3.05, 3.63) is 23.8 Å². The van der Waals surface area contributed by atoms with E-state index in [0.29, 0.717) is 24.4 Å². The van der Waals surface area contributed by atoms with Crippen LogP contribution in [0.1, 0.15) is 44.6 Å². The van der Waals surface area contributed by atoms with E-state index in [-0.39, 0.29) is 29.3 Å². The van der Waals surface area contributed by atoms with E-state index >= 15 is 0 Å². The fraction of sp³-hybridized carbons (Fsp3) is 0.579. The molecule has 2 amide bonds. The Morgan fingerprint density at radius 1 is 1.26 bits per heavy atom. The standard InChI is InChI=1S/C19H27N3O4S/c1-13-5-3-4-6-16(13)20-19(24)12-22(2)27(25,26)15-8-9-17-14(11-15)7-10-18(23)21-17/h8-9,11,13,16H,3-7,10,12H2,1-2H3,(H,20,24)(H,21,23)/t13-,16-/m1/s1. The summed E-state index contributed by atoms with van der Waals surface area (Å²) in [4.78, 5) is 23.9. The lowest BCUT2D eigenvalue weighted by atomic mass is 9.86. The fourth-order valence-electron chi connectivity index (χ4n) is 3.77. The summed E-state index contributed by atoms with van der Waals surface area (Å²) in [5.41, 5.74) is 1.45. The smallest absolute Gasteiger partial charge is 0.243 e. The number of amides is 2. The normalized spacial score (nSPS) is 22.9. The van der Waals surface area contributed by atoms with E-state index < -0.39 is 10.0 Å². The van der Waals surface area contributed by atoms with Crippen molar-refractivity contribution in [1.82, 2.24) is 9.62 Å². The van der Waals surface area contributed by atoms with Crippen LogP contribution in [0.4, 0.5) is 5.69 Å². The first-order valence-electron chi connectivity index (χ1n) is 9.46. The number of hydrogen-bond donors (Lipinski definition) is 2. The van der Waals surface area contributed by atoms with Crippen LogP contribution >= 0.6 is 0 Å². The number of carbonyl (C=O) groups is 2. The third-order valence-corrected chi connectivity index (χ3v) is 7.30. The Morgan fingerprint density at radius 3 is 2.74 bits per heavy atom. The van der Waals surface area contributed by atoms with Crippen molar-refractivity contribution in [2.45, 2.75) is 56.4 Å². The second kappa shape index (κ2) is 7.98. The molecule has 2 aliphatic rings. The Balaban J connectivity index is 1.67. The predicted molar refractivity (Wildman–Crippen MR) is 103 cm³/mol. The van der Waals surface area contributed by atoms with Crippen LogP contribution in [0.2, 0.25) is 0 Å². The summed E-state index contributed by atoms with van der Waals surface area (Å²) in [7, 11) is -2.36. The first-order valence-corrected chi connectivity index (χ1v) is 10.9. The van der Waals surface area contributed by atoms with Crippen molar-refractivity contribution >= 4 is 27.5 Å². The molecule has 1 heterocycles. The molecule has 1 aliphatic heterocycles. The van der Waals surface area contributed by atoms with Crippen molar-refractivity contribution in [2.75, 3.05) is 18.9 Å². The molecular weight excluding hydrogens is 366 g/mol. The molecule has 0 unspecified atom stereocenters. The molecule has 1 saturated carbocycles. The summed E-state index contributed by atoms with van der Waals surface area (Å²) in [6, 6.07) is 4.78.